The second-order valence-electron chi connectivity index (χ2n) is 5.10. The molecule has 0 aliphatic rings. The SMILES string of the molecule is CCCCCN(C)CCC(O)(P(=O)(O)O)P(=O)(O)O.NC(=O)NO. The Hall–Kier alpha value is -0.550. The fourth-order valence-corrected chi connectivity index (χ4v) is 3.69. The highest BCUT2D eigenvalue weighted by atomic mass is 31.2. The summed E-state index contributed by atoms with van der Waals surface area (Å²) in [5.74, 6) is 0. The molecule has 0 bridgehead atoms. The lowest BCUT2D eigenvalue weighted by atomic mass is 10.2. The molecule has 2 amide bonds. The second kappa shape index (κ2) is 11.1. The number of nitrogens with zero attached hydrogens (tertiary/aromatic N) is 1. The van der Waals surface area contributed by atoms with Gasteiger partial charge in [-0.25, -0.2) is 10.3 Å². The van der Waals surface area contributed by atoms with Crippen LogP contribution < -0.4 is 11.2 Å². The summed E-state index contributed by atoms with van der Waals surface area (Å²) in [4.78, 5) is 46.7. The standard InChI is InChI=1S/C9H23NO7P2.CH4N2O2/c1-3-4-5-7-10(2)8-6-9(11,18(12,13)14)19(15,16)17;2-1(4)3-5/h11H,3-8H2,1-2H3,(H2,12,13,14)(H2,15,16,17);5H,(H3,2,3,4). The average Bonchev–Trinajstić information content (AvgIpc) is 2.43. The highest BCUT2D eigenvalue weighted by Gasteiger charge is 2.58. The number of hydrogen-bond acceptors (Lipinski definition) is 6. The van der Waals surface area contributed by atoms with Gasteiger partial charge in [0.2, 0.25) is 0 Å². The maximum Gasteiger partial charge on any atom is 0.369 e. The zero-order chi connectivity index (χ0) is 19.6. The predicted molar refractivity (Wildman–Crippen MR) is 85.2 cm³/mol. The highest BCUT2D eigenvalue weighted by molar-refractivity contribution is 7.72. The van der Waals surface area contributed by atoms with Gasteiger partial charge >= 0.3 is 21.2 Å². The number of primary amides is 1. The number of aliphatic hydroxyl groups is 1. The molecule has 0 radical (unpaired) electrons. The van der Waals surface area contributed by atoms with Gasteiger partial charge in [0.1, 0.15) is 0 Å². The van der Waals surface area contributed by atoms with Gasteiger partial charge in [0.05, 0.1) is 0 Å². The third kappa shape index (κ3) is 9.67. The minimum Gasteiger partial charge on any atom is -0.367 e. The first-order valence-electron chi connectivity index (χ1n) is 6.94. The molecule has 0 saturated carbocycles. The lowest BCUT2D eigenvalue weighted by molar-refractivity contribution is 0.112. The van der Waals surface area contributed by atoms with E-state index in [0.29, 0.717) is 6.54 Å². The molecule has 0 saturated heterocycles. The van der Waals surface area contributed by atoms with E-state index in [9.17, 15) is 19.0 Å². The summed E-state index contributed by atoms with van der Waals surface area (Å²) in [5.41, 5.74) is 5.46. The number of hydrogen-bond donors (Lipinski definition) is 8. The van der Waals surface area contributed by atoms with E-state index in [0.717, 1.165) is 19.3 Å². The first-order valence-corrected chi connectivity index (χ1v) is 10.2. The lowest BCUT2D eigenvalue weighted by Gasteiger charge is -2.30. The maximum absolute atomic E-state index is 11.1. The molecule has 146 valence electrons. The molecular weight excluding hydrogens is 368 g/mol. The number of carbonyl (C=O) groups excluding carboxylic acids is 1. The molecule has 0 aliphatic carbocycles. The number of urea groups is 1. The van der Waals surface area contributed by atoms with Gasteiger partial charge in [-0.1, -0.05) is 19.8 Å². The van der Waals surface area contributed by atoms with E-state index in [1.807, 2.05) is 6.92 Å². The first kappa shape index (κ1) is 25.7. The third-order valence-electron chi connectivity index (χ3n) is 3.02. The van der Waals surface area contributed by atoms with Crippen molar-refractivity contribution in [2.75, 3.05) is 20.1 Å². The van der Waals surface area contributed by atoms with E-state index >= 15 is 0 Å². The summed E-state index contributed by atoms with van der Waals surface area (Å²) in [6.07, 6.45) is 2.19. The van der Waals surface area contributed by atoms with Crippen LogP contribution in [0.2, 0.25) is 0 Å². The van der Waals surface area contributed by atoms with Crippen LogP contribution in [-0.4, -0.2) is 66.0 Å². The molecule has 0 aromatic carbocycles. The van der Waals surface area contributed by atoms with Crippen molar-refractivity contribution in [2.45, 2.75) is 37.7 Å². The number of nitrogens with one attached hydrogen (secondary N) is 1. The van der Waals surface area contributed by atoms with Crippen molar-refractivity contribution >= 4 is 21.2 Å². The van der Waals surface area contributed by atoms with Crippen LogP contribution in [-0.2, 0) is 9.13 Å². The Morgan fingerprint density at radius 3 is 1.83 bits per heavy atom. The summed E-state index contributed by atoms with van der Waals surface area (Å²) in [6, 6.07) is -0.940. The van der Waals surface area contributed by atoms with Crippen LogP contribution in [0.1, 0.15) is 32.6 Å². The van der Waals surface area contributed by atoms with E-state index in [1.54, 1.807) is 11.9 Å². The van der Waals surface area contributed by atoms with Gasteiger partial charge < -0.3 is 35.3 Å². The first-order chi connectivity index (χ1) is 10.7. The van der Waals surface area contributed by atoms with Crippen molar-refractivity contribution in [3.8, 4) is 0 Å². The van der Waals surface area contributed by atoms with Gasteiger partial charge in [-0.3, -0.25) is 14.3 Å². The molecule has 0 fully saturated rings. The third-order valence-corrected chi connectivity index (χ3v) is 6.89. The molecule has 0 rings (SSSR count). The van der Waals surface area contributed by atoms with E-state index < -0.39 is 32.7 Å². The van der Waals surface area contributed by atoms with Gasteiger partial charge in [0.15, 0.2) is 0 Å². The average molecular weight is 395 g/mol. The van der Waals surface area contributed by atoms with E-state index in [-0.39, 0.29) is 6.54 Å². The van der Waals surface area contributed by atoms with Gasteiger partial charge in [0.25, 0.3) is 5.08 Å². The molecule has 0 spiro atoms. The van der Waals surface area contributed by atoms with Crippen molar-refractivity contribution in [2.24, 2.45) is 5.73 Å². The van der Waals surface area contributed by atoms with Crippen molar-refractivity contribution in [3.05, 3.63) is 0 Å². The van der Waals surface area contributed by atoms with Crippen LogP contribution in [0.3, 0.4) is 0 Å². The van der Waals surface area contributed by atoms with Crippen LogP contribution in [0.4, 0.5) is 4.79 Å². The largest absolute Gasteiger partial charge is 0.369 e. The molecule has 0 aromatic rings. The van der Waals surface area contributed by atoms with Gasteiger partial charge in [0, 0.05) is 13.0 Å². The zero-order valence-electron chi connectivity index (χ0n) is 13.6. The molecule has 0 aliphatic heterocycles. The topological polar surface area (TPSA) is 214 Å². The highest BCUT2D eigenvalue weighted by Crippen LogP contribution is 2.68. The quantitative estimate of drug-likeness (QED) is 0.109. The van der Waals surface area contributed by atoms with Crippen LogP contribution in [0.15, 0.2) is 0 Å². The second-order valence-corrected chi connectivity index (χ2v) is 9.11. The monoisotopic (exact) mass is 395 g/mol. The summed E-state index contributed by atoms with van der Waals surface area (Å²) < 4.78 is 22.2. The molecule has 14 heteroatoms. The molecule has 0 unspecified atom stereocenters. The lowest BCUT2D eigenvalue weighted by Crippen LogP contribution is -2.34. The smallest absolute Gasteiger partial charge is 0.367 e. The van der Waals surface area contributed by atoms with Gasteiger partial charge in [-0.15, -0.1) is 0 Å². The molecule has 0 heterocycles. The fourth-order valence-electron chi connectivity index (χ4n) is 1.55. The summed E-state index contributed by atoms with van der Waals surface area (Å²) in [6.45, 7) is 2.64. The van der Waals surface area contributed by atoms with E-state index in [4.69, 9.17) is 24.8 Å². The van der Waals surface area contributed by atoms with Crippen molar-refractivity contribution in [1.29, 1.82) is 0 Å². The Morgan fingerprint density at radius 2 is 1.54 bits per heavy atom. The Kier molecular flexibility index (Phi) is 11.9. The van der Waals surface area contributed by atoms with Crippen LogP contribution in [0.5, 0.6) is 0 Å². The minimum atomic E-state index is -5.33. The van der Waals surface area contributed by atoms with E-state index in [2.05, 4.69) is 5.73 Å². The van der Waals surface area contributed by atoms with Gasteiger partial charge in [-0.2, -0.15) is 0 Å². The molecule has 0 aromatic heterocycles. The van der Waals surface area contributed by atoms with Crippen LogP contribution >= 0.6 is 15.2 Å². The van der Waals surface area contributed by atoms with Crippen LogP contribution in [0.25, 0.3) is 0 Å². The van der Waals surface area contributed by atoms with Crippen molar-refractivity contribution < 1.29 is 43.8 Å². The maximum atomic E-state index is 11.1. The Labute approximate surface area is 139 Å². The number of hydroxylamine groups is 1. The number of amides is 2. The van der Waals surface area contributed by atoms with Crippen molar-refractivity contribution in [3.63, 3.8) is 0 Å². The number of nitrogens with two attached hydrogens (primary N) is 1. The number of rotatable bonds is 9. The van der Waals surface area contributed by atoms with E-state index in [1.165, 1.54) is 5.48 Å². The molecular formula is C10H27N3O9P2. The zero-order valence-corrected chi connectivity index (χ0v) is 15.4. The Morgan fingerprint density at radius 1 is 1.12 bits per heavy atom. The Bertz CT molecular complexity index is 442. The minimum absolute atomic E-state index is 0.0174. The van der Waals surface area contributed by atoms with Crippen molar-refractivity contribution in [1.82, 2.24) is 10.4 Å². The molecule has 0 atom stereocenters. The normalized spacial score (nSPS) is 12.5. The summed E-state index contributed by atoms with van der Waals surface area (Å²) in [5, 5.41) is 13.8. The number of carbonyl (C=O) groups is 1. The van der Waals surface area contributed by atoms with Crippen LogP contribution in [0, 0.1) is 0 Å². The van der Waals surface area contributed by atoms with Gasteiger partial charge in [-0.05, 0) is 20.0 Å². The summed E-state index contributed by atoms with van der Waals surface area (Å²) >= 11 is 0. The summed E-state index contributed by atoms with van der Waals surface area (Å²) in [7, 11) is -9.00. The molecule has 12 nitrogen and oxygen atoms in total. The number of unbranched alkanes of at least 4 members (excludes halogenated alkanes) is 2. The fraction of sp³-hybridized carbons (Fsp3) is 0.900. The predicted octanol–water partition coefficient (Wildman–Crippen LogP) is -0.456. The molecule has 9 N–H and O–H groups in total. The molecule has 24 heavy (non-hydrogen) atoms. The Balaban J connectivity index is 0.